The third-order valence-electron chi connectivity index (χ3n) is 4.65. The molecule has 1 aromatic heterocycles. The van der Waals surface area contributed by atoms with Gasteiger partial charge in [0, 0.05) is 17.9 Å². The summed E-state index contributed by atoms with van der Waals surface area (Å²) in [6.07, 6.45) is -7.10. The van der Waals surface area contributed by atoms with Crippen LogP contribution in [0.1, 0.15) is 53.2 Å². The molecule has 0 aromatic carbocycles. The van der Waals surface area contributed by atoms with Crippen LogP contribution >= 0.6 is 0 Å². The highest BCUT2D eigenvalue weighted by molar-refractivity contribution is 7.93. The first kappa shape index (κ1) is 23.4. The maximum absolute atomic E-state index is 12.4. The van der Waals surface area contributed by atoms with E-state index in [-0.39, 0.29) is 5.88 Å². The smallest absolute Gasteiger partial charge is 0.389 e. The molecule has 0 aliphatic carbocycles. The highest BCUT2D eigenvalue weighted by atomic mass is 32.2. The summed E-state index contributed by atoms with van der Waals surface area (Å²) >= 11 is 0. The predicted octanol–water partition coefficient (Wildman–Crippen LogP) is 2.81. The molecule has 1 amide bonds. The summed E-state index contributed by atoms with van der Waals surface area (Å²) in [5, 5.41) is 15.8. The minimum absolute atomic E-state index is 0.123. The van der Waals surface area contributed by atoms with E-state index in [1.807, 2.05) is 0 Å². The Kier molecular flexibility index (Phi) is 6.75. The number of amides is 1. The zero-order valence-corrected chi connectivity index (χ0v) is 16.7. The largest absolute Gasteiger partial charge is 0.392 e. The fourth-order valence-electron chi connectivity index (χ4n) is 1.97. The van der Waals surface area contributed by atoms with Gasteiger partial charge in [-0.1, -0.05) is 19.0 Å². The molecule has 0 aliphatic heterocycles. The van der Waals surface area contributed by atoms with E-state index >= 15 is 0 Å². The number of anilines is 1. The molecule has 1 unspecified atom stereocenters. The monoisotopic (exact) mass is 414 g/mol. The highest BCUT2D eigenvalue weighted by Gasteiger charge is 2.42. The molecule has 11 heteroatoms. The van der Waals surface area contributed by atoms with Crippen LogP contribution in [0, 0.1) is 0 Å². The molecule has 0 fully saturated rings. The van der Waals surface area contributed by atoms with Crippen LogP contribution in [0.5, 0.6) is 0 Å². The van der Waals surface area contributed by atoms with Gasteiger partial charge in [0.15, 0.2) is 9.84 Å². The number of alkyl halides is 3. The zero-order chi connectivity index (χ0) is 21.3. The van der Waals surface area contributed by atoms with Crippen molar-refractivity contribution >= 4 is 21.6 Å². The number of nitrogens with one attached hydrogen (secondary N) is 1. The molecule has 156 valence electrons. The molecule has 0 aliphatic rings. The molecule has 1 rings (SSSR count). The van der Waals surface area contributed by atoms with Crippen molar-refractivity contribution < 1.29 is 36.0 Å². The number of carbonyl (C=O) groups is 1. The molecule has 2 N–H and O–H groups in total. The van der Waals surface area contributed by atoms with Crippen LogP contribution in [0.25, 0.3) is 0 Å². The van der Waals surface area contributed by atoms with Crippen molar-refractivity contribution in [2.45, 2.75) is 69.9 Å². The summed E-state index contributed by atoms with van der Waals surface area (Å²) in [7, 11) is -4.15. The number of aliphatic hydroxyl groups excluding tert-OH is 1. The van der Waals surface area contributed by atoms with Gasteiger partial charge in [-0.3, -0.25) is 10.1 Å². The van der Waals surface area contributed by atoms with E-state index in [1.54, 1.807) is 20.8 Å². The van der Waals surface area contributed by atoms with Crippen LogP contribution in [0.3, 0.4) is 0 Å². The molecule has 7 nitrogen and oxygen atoms in total. The average Bonchev–Trinajstić information content (AvgIpc) is 2.94. The van der Waals surface area contributed by atoms with E-state index in [1.165, 1.54) is 6.07 Å². The minimum atomic E-state index is -4.46. The first-order chi connectivity index (χ1) is 12.0. The van der Waals surface area contributed by atoms with Crippen LogP contribution in [-0.4, -0.2) is 47.4 Å². The lowest BCUT2D eigenvalue weighted by Crippen LogP contribution is -2.45. The van der Waals surface area contributed by atoms with Gasteiger partial charge in [-0.25, -0.2) is 8.42 Å². The number of carbonyl (C=O) groups excluding carboxylic acids is 1. The van der Waals surface area contributed by atoms with Crippen LogP contribution in [0.4, 0.5) is 19.1 Å². The second-order valence-electron chi connectivity index (χ2n) is 7.48. The molecule has 0 saturated heterocycles. The van der Waals surface area contributed by atoms with Gasteiger partial charge < -0.3 is 9.63 Å². The molecule has 0 bridgehead atoms. The lowest BCUT2D eigenvalue weighted by molar-refractivity contribution is -0.134. The Morgan fingerprint density at radius 3 is 2.33 bits per heavy atom. The van der Waals surface area contributed by atoms with Gasteiger partial charge in [-0.15, -0.1) is 0 Å². The van der Waals surface area contributed by atoms with Crippen molar-refractivity contribution in [2.24, 2.45) is 0 Å². The topological polar surface area (TPSA) is 110 Å². The maximum atomic E-state index is 12.4. The van der Waals surface area contributed by atoms with Crippen molar-refractivity contribution in [1.82, 2.24) is 5.16 Å². The van der Waals surface area contributed by atoms with Gasteiger partial charge in [0.2, 0.25) is 11.8 Å². The van der Waals surface area contributed by atoms with Crippen LogP contribution in [0.2, 0.25) is 0 Å². The second kappa shape index (κ2) is 7.78. The standard InChI is InChI=1S/C16H25F3N2O5S/c1-10(22)14(2,3)11-9-12(26-21-11)20-13(23)15(4,5)27(24,25)8-6-7-16(17,18)19/h9-10,22H,6-8H2,1-5H3,(H,20,23). The Bertz CT molecular complexity index is 767. The van der Waals surface area contributed by atoms with E-state index in [2.05, 4.69) is 10.5 Å². The number of hydrogen-bond acceptors (Lipinski definition) is 6. The molecule has 27 heavy (non-hydrogen) atoms. The molecule has 0 saturated carbocycles. The summed E-state index contributed by atoms with van der Waals surface area (Å²) in [5.41, 5.74) is -0.426. The molecule has 1 aromatic rings. The number of rotatable bonds is 8. The van der Waals surface area contributed by atoms with Gasteiger partial charge in [-0.05, 0) is 27.2 Å². The molecular weight excluding hydrogens is 389 g/mol. The Balaban J connectivity index is 2.87. The maximum Gasteiger partial charge on any atom is 0.389 e. The Morgan fingerprint density at radius 2 is 1.85 bits per heavy atom. The van der Waals surface area contributed by atoms with Gasteiger partial charge in [0.25, 0.3) is 0 Å². The summed E-state index contributed by atoms with van der Waals surface area (Å²) in [4.78, 5) is 12.4. The zero-order valence-electron chi connectivity index (χ0n) is 15.8. The lowest BCUT2D eigenvalue weighted by atomic mass is 9.84. The first-order valence-electron chi connectivity index (χ1n) is 8.26. The summed E-state index contributed by atoms with van der Waals surface area (Å²) in [6, 6.07) is 1.36. The number of aliphatic hydroxyl groups is 1. The third kappa shape index (κ3) is 5.68. The number of sulfone groups is 1. The fourth-order valence-corrected chi connectivity index (χ4v) is 3.34. The van der Waals surface area contributed by atoms with E-state index in [0.29, 0.717) is 5.69 Å². The summed E-state index contributed by atoms with van der Waals surface area (Å²) in [5.74, 6) is -1.85. The SMILES string of the molecule is CC(O)C(C)(C)c1cc(NC(=O)C(C)(C)S(=O)(=O)CCCC(F)(F)F)on1. The molecule has 1 heterocycles. The summed E-state index contributed by atoms with van der Waals surface area (Å²) in [6.45, 7) is 7.19. The second-order valence-corrected chi connectivity index (χ2v) is 10.1. The quantitative estimate of drug-likeness (QED) is 0.677. The molecule has 0 radical (unpaired) electrons. The van der Waals surface area contributed by atoms with Crippen LogP contribution in [-0.2, 0) is 20.0 Å². The fraction of sp³-hybridized carbons (Fsp3) is 0.750. The highest BCUT2D eigenvalue weighted by Crippen LogP contribution is 2.29. The summed E-state index contributed by atoms with van der Waals surface area (Å²) < 4.78 is 64.3. The van der Waals surface area contributed by atoms with E-state index in [9.17, 15) is 31.5 Å². The van der Waals surface area contributed by atoms with Crippen molar-refractivity contribution in [3.8, 4) is 0 Å². The Hall–Kier alpha value is -1.62. The van der Waals surface area contributed by atoms with E-state index < -0.39 is 56.8 Å². The number of nitrogens with zero attached hydrogens (tertiary/aromatic N) is 1. The number of hydrogen-bond donors (Lipinski definition) is 2. The van der Waals surface area contributed by atoms with Crippen LogP contribution < -0.4 is 5.32 Å². The normalized spacial score (nSPS) is 14.9. The van der Waals surface area contributed by atoms with Gasteiger partial charge in [0.1, 0.15) is 4.75 Å². The van der Waals surface area contributed by atoms with E-state index in [0.717, 1.165) is 13.8 Å². The van der Waals surface area contributed by atoms with Crippen molar-refractivity contribution in [1.29, 1.82) is 0 Å². The van der Waals surface area contributed by atoms with Gasteiger partial charge in [0.05, 0.1) is 17.6 Å². The van der Waals surface area contributed by atoms with Crippen LogP contribution in [0.15, 0.2) is 10.6 Å². The predicted molar refractivity (Wildman–Crippen MR) is 93.0 cm³/mol. The van der Waals surface area contributed by atoms with Crippen molar-refractivity contribution in [3.63, 3.8) is 0 Å². The Labute approximate surface area is 156 Å². The van der Waals surface area contributed by atoms with Gasteiger partial charge >= 0.3 is 6.18 Å². The Morgan fingerprint density at radius 1 is 1.30 bits per heavy atom. The molecule has 0 spiro atoms. The number of halogens is 3. The van der Waals surface area contributed by atoms with Crippen molar-refractivity contribution in [3.05, 3.63) is 11.8 Å². The van der Waals surface area contributed by atoms with Crippen molar-refractivity contribution in [2.75, 3.05) is 11.1 Å². The minimum Gasteiger partial charge on any atom is -0.392 e. The average molecular weight is 414 g/mol. The number of aromatic nitrogens is 1. The molecule has 1 atom stereocenters. The van der Waals surface area contributed by atoms with E-state index in [4.69, 9.17) is 4.52 Å². The lowest BCUT2D eigenvalue weighted by Gasteiger charge is -2.24. The first-order valence-corrected chi connectivity index (χ1v) is 9.91. The third-order valence-corrected chi connectivity index (χ3v) is 7.22. The van der Waals surface area contributed by atoms with Gasteiger partial charge in [-0.2, -0.15) is 13.2 Å². The molecular formula is C16H25F3N2O5S.